The number of hydrogen-bond acceptors (Lipinski definition) is 4. The van der Waals surface area contributed by atoms with Crippen molar-refractivity contribution in [1.82, 2.24) is 9.21 Å². The Labute approximate surface area is 139 Å². The molecule has 0 spiro atoms. The molecule has 2 heterocycles. The summed E-state index contributed by atoms with van der Waals surface area (Å²) < 4.78 is 32.2. The van der Waals surface area contributed by atoms with Crippen molar-refractivity contribution in [2.45, 2.75) is 31.2 Å². The molecule has 2 fully saturated rings. The van der Waals surface area contributed by atoms with E-state index in [0.717, 1.165) is 31.1 Å². The summed E-state index contributed by atoms with van der Waals surface area (Å²) in [5.74, 6) is 0.805. The van der Waals surface area contributed by atoms with Gasteiger partial charge in [-0.25, -0.2) is 8.42 Å². The van der Waals surface area contributed by atoms with Crippen LogP contribution in [0, 0.1) is 5.92 Å². The lowest BCUT2D eigenvalue weighted by atomic mass is 9.99. The number of ether oxygens (including phenoxy) is 1. The molecule has 0 unspecified atom stereocenters. The number of hydrogen-bond donors (Lipinski definition) is 0. The smallest absolute Gasteiger partial charge is 0.243 e. The Morgan fingerprint density at radius 3 is 2.52 bits per heavy atom. The molecule has 0 radical (unpaired) electrons. The standard InChI is InChI=1S/C17H26N2O3S/c1-15-5-7-18(8-6-15)14-16-3-2-4-17(13-16)23(20,21)19-9-11-22-12-10-19/h2-4,13,15H,5-12,14H2,1H3. The summed E-state index contributed by atoms with van der Waals surface area (Å²) in [4.78, 5) is 2.82. The summed E-state index contributed by atoms with van der Waals surface area (Å²) in [6, 6.07) is 7.42. The predicted molar refractivity (Wildman–Crippen MR) is 89.7 cm³/mol. The second-order valence-electron chi connectivity index (χ2n) is 6.62. The zero-order valence-electron chi connectivity index (χ0n) is 13.8. The Kier molecular flexibility index (Phi) is 5.36. The maximum absolute atomic E-state index is 12.7. The molecular formula is C17H26N2O3S. The molecule has 3 rings (SSSR count). The van der Waals surface area contributed by atoms with E-state index in [9.17, 15) is 8.42 Å². The minimum Gasteiger partial charge on any atom is -0.379 e. The van der Waals surface area contributed by atoms with Crippen LogP contribution in [-0.4, -0.2) is 57.0 Å². The van der Waals surface area contributed by atoms with E-state index in [1.54, 1.807) is 6.07 Å². The molecule has 1 aromatic carbocycles. The quantitative estimate of drug-likeness (QED) is 0.842. The fraction of sp³-hybridized carbons (Fsp3) is 0.647. The van der Waals surface area contributed by atoms with Crippen molar-refractivity contribution < 1.29 is 13.2 Å². The highest BCUT2D eigenvalue weighted by Gasteiger charge is 2.26. The monoisotopic (exact) mass is 338 g/mol. The molecule has 0 saturated carbocycles. The van der Waals surface area contributed by atoms with Gasteiger partial charge in [0.25, 0.3) is 0 Å². The van der Waals surface area contributed by atoms with Gasteiger partial charge in [0.15, 0.2) is 0 Å². The van der Waals surface area contributed by atoms with Crippen LogP contribution in [-0.2, 0) is 21.3 Å². The number of sulfonamides is 1. The van der Waals surface area contributed by atoms with Crippen molar-refractivity contribution in [2.24, 2.45) is 5.92 Å². The SMILES string of the molecule is CC1CCN(Cc2cccc(S(=O)(=O)N3CCOCC3)c2)CC1. The van der Waals surface area contributed by atoms with E-state index < -0.39 is 10.0 Å². The van der Waals surface area contributed by atoms with Gasteiger partial charge in [0.2, 0.25) is 10.0 Å². The molecule has 0 atom stereocenters. The first-order valence-electron chi connectivity index (χ1n) is 8.45. The molecule has 2 aliphatic heterocycles. The van der Waals surface area contributed by atoms with E-state index in [4.69, 9.17) is 4.74 Å². The Bertz CT molecular complexity index is 618. The zero-order valence-corrected chi connectivity index (χ0v) is 14.6. The molecule has 0 aromatic heterocycles. The van der Waals surface area contributed by atoms with Gasteiger partial charge >= 0.3 is 0 Å². The summed E-state index contributed by atoms with van der Waals surface area (Å²) in [5.41, 5.74) is 1.08. The third kappa shape index (κ3) is 4.12. The lowest BCUT2D eigenvalue weighted by molar-refractivity contribution is 0.0730. The van der Waals surface area contributed by atoms with Crippen LogP contribution < -0.4 is 0 Å². The van der Waals surface area contributed by atoms with Crippen LogP contribution in [0.3, 0.4) is 0 Å². The van der Waals surface area contributed by atoms with Crippen LogP contribution in [0.1, 0.15) is 25.3 Å². The van der Waals surface area contributed by atoms with Crippen molar-refractivity contribution >= 4 is 10.0 Å². The summed E-state index contributed by atoms with van der Waals surface area (Å²) >= 11 is 0. The van der Waals surface area contributed by atoms with E-state index in [0.29, 0.717) is 31.2 Å². The first-order valence-corrected chi connectivity index (χ1v) is 9.89. The highest BCUT2D eigenvalue weighted by Crippen LogP contribution is 2.21. The molecule has 5 nitrogen and oxygen atoms in total. The van der Waals surface area contributed by atoms with Crippen LogP contribution in [0.5, 0.6) is 0 Å². The number of nitrogens with zero attached hydrogens (tertiary/aromatic N) is 2. The normalized spacial score (nSPS) is 22.3. The molecule has 0 aliphatic carbocycles. The topological polar surface area (TPSA) is 49.9 Å². The van der Waals surface area contributed by atoms with Crippen molar-refractivity contribution in [3.63, 3.8) is 0 Å². The molecule has 128 valence electrons. The molecule has 0 N–H and O–H groups in total. The summed E-state index contributed by atoms with van der Waals surface area (Å²) in [5, 5.41) is 0. The van der Waals surface area contributed by atoms with E-state index >= 15 is 0 Å². The zero-order chi connectivity index (χ0) is 16.3. The number of likely N-dealkylation sites (tertiary alicyclic amines) is 1. The number of piperidine rings is 1. The van der Waals surface area contributed by atoms with Gasteiger partial charge in [-0.05, 0) is 49.5 Å². The Morgan fingerprint density at radius 1 is 1.13 bits per heavy atom. The third-order valence-electron chi connectivity index (χ3n) is 4.79. The minimum atomic E-state index is -3.40. The number of morpholine rings is 1. The van der Waals surface area contributed by atoms with Crippen molar-refractivity contribution in [3.05, 3.63) is 29.8 Å². The number of rotatable bonds is 4. The summed E-state index contributed by atoms with van der Waals surface area (Å²) in [7, 11) is -3.40. The van der Waals surface area contributed by atoms with Crippen LogP contribution in [0.15, 0.2) is 29.2 Å². The average molecular weight is 338 g/mol. The second-order valence-corrected chi connectivity index (χ2v) is 8.56. The largest absolute Gasteiger partial charge is 0.379 e. The molecule has 2 aliphatic rings. The molecule has 0 amide bonds. The Morgan fingerprint density at radius 2 is 1.83 bits per heavy atom. The summed E-state index contributed by atoms with van der Waals surface area (Å²) in [6.45, 7) is 7.16. The predicted octanol–water partition coefficient (Wildman–Crippen LogP) is 1.94. The van der Waals surface area contributed by atoms with Gasteiger partial charge in [0, 0.05) is 19.6 Å². The van der Waals surface area contributed by atoms with Crippen LogP contribution >= 0.6 is 0 Å². The molecule has 23 heavy (non-hydrogen) atoms. The van der Waals surface area contributed by atoms with Gasteiger partial charge in [0.05, 0.1) is 18.1 Å². The first-order chi connectivity index (χ1) is 11.1. The van der Waals surface area contributed by atoms with Crippen molar-refractivity contribution in [2.75, 3.05) is 39.4 Å². The highest BCUT2D eigenvalue weighted by molar-refractivity contribution is 7.89. The highest BCUT2D eigenvalue weighted by atomic mass is 32.2. The molecule has 0 bridgehead atoms. The third-order valence-corrected chi connectivity index (χ3v) is 6.68. The van der Waals surface area contributed by atoms with Crippen LogP contribution in [0.4, 0.5) is 0 Å². The summed E-state index contributed by atoms with van der Waals surface area (Å²) in [6.07, 6.45) is 2.46. The maximum atomic E-state index is 12.7. The van der Waals surface area contributed by atoms with Gasteiger partial charge in [-0.3, -0.25) is 4.90 Å². The van der Waals surface area contributed by atoms with E-state index in [1.165, 1.54) is 17.1 Å². The average Bonchev–Trinajstić information content (AvgIpc) is 2.58. The molecular weight excluding hydrogens is 312 g/mol. The van der Waals surface area contributed by atoms with E-state index in [1.807, 2.05) is 18.2 Å². The van der Waals surface area contributed by atoms with Crippen LogP contribution in [0.25, 0.3) is 0 Å². The van der Waals surface area contributed by atoms with Gasteiger partial charge in [-0.1, -0.05) is 19.1 Å². The first kappa shape index (κ1) is 16.9. The van der Waals surface area contributed by atoms with Crippen molar-refractivity contribution in [3.8, 4) is 0 Å². The molecule has 6 heteroatoms. The van der Waals surface area contributed by atoms with Gasteiger partial charge in [0.1, 0.15) is 0 Å². The molecule has 2 saturated heterocycles. The van der Waals surface area contributed by atoms with Gasteiger partial charge in [-0.2, -0.15) is 4.31 Å². The number of benzene rings is 1. The Balaban J connectivity index is 1.71. The lowest BCUT2D eigenvalue weighted by Crippen LogP contribution is -2.40. The maximum Gasteiger partial charge on any atom is 0.243 e. The van der Waals surface area contributed by atoms with E-state index in [2.05, 4.69) is 11.8 Å². The lowest BCUT2D eigenvalue weighted by Gasteiger charge is -2.30. The molecule has 1 aromatic rings. The van der Waals surface area contributed by atoms with Crippen molar-refractivity contribution in [1.29, 1.82) is 0 Å². The van der Waals surface area contributed by atoms with Gasteiger partial charge < -0.3 is 4.74 Å². The fourth-order valence-corrected chi connectivity index (χ4v) is 4.70. The van der Waals surface area contributed by atoms with E-state index in [-0.39, 0.29) is 0 Å². The van der Waals surface area contributed by atoms with Crippen LogP contribution in [0.2, 0.25) is 0 Å². The second kappa shape index (κ2) is 7.30. The Hall–Kier alpha value is -0.950. The fourth-order valence-electron chi connectivity index (χ4n) is 3.22. The van der Waals surface area contributed by atoms with Gasteiger partial charge in [-0.15, -0.1) is 0 Å². The minimum absolute atomic E-state index is 0.405.